The van der Waals surface area contributed by atoms with Gasteiger partial charge in [-0.3, -0.25) is 5.32 Å². The summed E-state index contributed by atoms with van der Waals surface area (Å²) in [7, 11) is 0. The highest BCUT2D eigenvalue weighted by Crippen LogP contribution is 2.31. The van der Waals surface area contributed by atoms with E-state index in [0.717, 1.165) is 32.4 Å². The molecule has 1 aliphatic carbocycles. The van der Waals surface area contributed by atoms with Crippen LogP contribution in [-0.4, -0.2) is 36.1 Å². The fraction of sp³-hybridized carbons (Fsp3) is 0.938. The number of hydrogen-bond acceptors (Lipinski definition) is 3. The average Bonchev–Trinajstić information content (AvgIpc) is 2.46. The molecule has 1 N–H and O–H groups in total. The molecule has 1 aliphatic rings. The van der Waals surface area contributed by atoms with Crippen molar-refractivity contribution >= 4 is 0 Å². The van der Waals surface area contributed by atoms with E-state index in [1.165, 1.54) is 32.2 Å². The summed E-state index contributed by atoms with van der Waals surface area (Å²) in [5.41, 5.74) is -0.265. The maximum atomic E-state index is 9.59. The van der Waals surface area contributed by atoms with Crippen molar-refractivity contribution in [2.75, 3.05) is 19.6 Å². The van der Waals surface area contributed by atoms with Gasteiger partial charge < -0.3 is 4.90 Å². The molecule has 19 heavy (non-hydrogen) atoms. The SMILES string of the molecule is CCCCN(CC)C1CCCC(C#N)(NCCC)C1. The zero-order valence-corrected chi connectivity index (χ0v) is 13.0. The molecule has 3 heteroatoms. The molecule has 1 fully saturated rings. The van der Waals surface area contributed by atoms with Gasteiger partial charge in [0.15, 0.2) is 0 Å². The molecule has 110 valence electrons. The molecule has 0 saturated heterocycles. The largest absolute Gasteiger partial charge is 0.301 e. The van der Waals surface area contributed by atoms with Crippen LogP contribution < -0.4 is 5.32 Å². The Morgan fingerprint density at radius 3 is 2.68 bits per heavy atom. The molecule has 1 saturated carbocycles. The van der Waals surface area contributed by atoms with Gasteiger partial charge in [0.25, 0.3) is 0 Å². The predicted octanol–water partition coefficient (Wildman–Crippen LogP) is 3.31. The summed E-state index contributed by atoms with van der Waals surface area (Å²) in [6.07, 6.45) is 8.08. The number of hydrogen-bond donors (Lipinski definition) is 1. The quantitative estimate of drug-likeness (QED) is 0.732. The average molecular weight is 265 g/mol. The van der Waals surface area contributed by atoms with Crippen molar-refractivity contribution in [1.29, 1.82) is 5.26 Å². The van der Waals surface area contributed by atoms with Crippen LogP contribution >= 0.6 is 0 Å². The van der Waals surface area contributed by atoms with E-state index in [1.807, 2.05) is 0 Å². The lowest BCUT2D eigenvalue weighted by molar-refractivity contribution is 0.123. The lowest BCUT2D eigenvalue weighted by Gasteiger charge is -2.41. The molecule has 0 radical (unpaired) electrons. The van der Waals surface area contributed by atoms with Gasteiger partial charge in [-0.25, -0.2) is 0 Å². The van der Waals surface area contributed by atoms with Gasteiger partial charge in [0.1, 0.15) is 5.54 Å². The summed E-state index contributed by atoms with van der Waals surface area (Å²) < 4.78 is 0. The van der Waals surface area contributed by atoms with Crippen LogP contribution in [0, 0.1) is 11.3 Å². The maximum Gasteiger partial charge on any atom is 0.108 e. The highest BCUT2D eigenvalue weighted by Gasteiger charge is 2.37. The highest BCUT2D eigenvalue weighted by atomic mass is 15.2. The Bertz CT molecular complexity index is 284. The molecular weight excluding hydrogens is 234 g/mol. The van der Waals surface area contributed by atoms with Gasteiger partial charge in [0.05, 0.1) is 6.07 Å². The number of nitrogens with one attached hydrogen (secondary N) is 1. The van der Waals surface area contributed by atoms with Crippen LogP contribution in [0.1, 0.15) is 65.7 Å². The van der Waals surface area contributed by atoms with Gasteiger partial charge in [0.2, 0.25) is 0 Å². The van der Waals surface area contributed by atoms with Gasteiger partial charge in [-0.15, -0.1) is 0 Å². The summed E-state index contributed by atoms with van der Waals surface area (Å²) in [6, 6.07) is 3.17. The van der Waals surface area contributed by atoms with Crippen LogP contribution in [0.25, 0.3) is 0 Å². The molecule has 2 unspecified atom stereocenters. The second-order valence-electron chi connectivity index (χ2n) is 5.85. The van der Waals surface area contributed by atoms with Crippen LogP contribution in [0.5, 0.6) is 0 Å². The van der Waals surface area contributed by atoms with Crippen LogP contribution in [0.15, 0.2) is 0 Å². The van der Waals surface area contributed by atoms with Crippen LogP contribution in [0.4, 0.5) is 0 Å². The van der Waals surface area contributed by atoms with Crippen LogP contribution in [0.2, 0.25) is 0 Å². The first-order valence-electron chi connectivity index (χ1n) is 8.11. The van der Waals surface area contributed by atoms with Crippen molar-refractivity contribution < 1.29 is 0 Å². The molecule has 0 aromatic rings. The zero-order valence-electron chi connectivity index (χ0n) is 13.0. The Kier molecular flexibility index (Phi) is 7.41. The molecule has 0 heterocycles. The molecule has 1 rings (SSSR count). The normalized spacial score (nSPS) is 27.4. The van der Waals surface area contributed by atoms with E-state index < -0.39 is 0 Å². The number of nitrogens with zero attached hydrogens (tertiary/aromatic N) is 2. The molecule has 0 spiro atoms. The third-order valence-corrected chi connectivity index (χ3v) is 4.37. The molecule has 3 nitrogen and oxygen atoms in total. The Morgan fingerprint density at radius 1 is 1.32 bits per heavy atom. The van der Waals surface area contributed by atoms with E-state index in [1.54, 1.807) is 0 Å². The lowest BCUT2D eigenvalue weighted by Crippen LogP contribution is -2.53. The van der Waals surface area contributed by atoms with Crippen molar-refractivity contribution in [3.05, 3.63) is 0 Å². The third kappa shape index (κ3) is 4.78. The minimum absolute atomic E-state index is 0.265. The number of rotatable bonds is 8. The van der Waals surface area contributed by atoms with Gasteiger partial charge in [0, 0.05) is 6.04 Å². The van der Waals surface area contributed by atoms with Gasteiger partial charge in [-0.1, -0.05) is 27.2 Å². The number of nitriles is 1. The van der Waals surface area contributed by atoms with E-state index in [2.05, 4.69) is 37.1 Å². The zero-order chi connectivity index (χ0) is 14.1. The van der Waals surface area contributed by atoms with Crippen LogP contribution in [-0.2, 0) is 0 Å². The van der Waals surface area contributed by atoms with Crippen molar-refractivity contribution in [2.45, 2.75) is 77.3 Å². The summed E-state index contributed by atoms with van der Waals surface area (Å²) in [6.45, 7) is 9.92. The van der Waals surface area contributed by atoms with E-state index in [0.29, 0.717) is 6.04 Å². The first kappa shape index (κ1) is 16.5. The van der Waals surface area contributed by atoms with E-state index in [-0.39, 0.29) is 5.54 Å². The van der Waals surface area contributed by atoms with Crippen molar-refractivity contribution in [3.63, 3.8) is 0 Å². The summed E-state index contributed by atoms with van der Waals surface area (Å²) in [4.78, 5) is 2.59. The molecule has 0 aromatic heterocycles. The first-order chi connectivity index (χ1) is 9.21. The minimum Gasteiger partial charge on any atom is -0.301 e. The highest BCUT2D eigenvalue weighted by molar-refractivity contribution is 5.11. The summed E-state index contributed by atoms with van der Waals surface area (Å²) in [5, 5.41) is 13.1. The fourth-order valence-electron chi connectivity index (χ4n) is 3.18. The third-order valence-electron chi connectivity index (χ3n) is 4.37. The molecule has 0 aliphatic heterocycles. The molecule has 0 bridgehead atoms. The van der Waals surface area contributed by atoms with Gasteiger partial charge in [-0.05, 0) is 58.2 Å². The second-order valence-corrected chi connectivity index (χ2v) is 5.85. The summed E-state index contributed by atoms with van der Waals surface area (Å²) >= 11 is 0. The van der Waals surface area contributed by atoms with Crippen LogP contribution in [0.3, 0.4) is 0 Å². The number of unbranched alkanes of at least 4 members (excludes halogenated alkanes) is 1. The molecule has 0 aromatic carbocycles. The van der Waals surface area contributed by atoms with Crippen molar-refractivity contribution in [1.82, 2.24) is 10.2 Å². The Morgan fingerprint density at radius 2 is 2.11 bits per heavy atom. The van der Waals surface area contributed by atoms with E-state index >= 15 is 0 Å². The molecule has 0 amide bonds. The first-order valence-corrected chi connectivity index (χ1v) is 8.11. The Hall–Kier alpha value is -0.590. The van der Waals surface area contributed by atoms with Gasteiger partial charge in [-0.2, -0.15) is 5.26 Å². The standard InChI is InChI=1S/C16H31N3/c1-4-7-12-19(6-3)15-9-8-10-16(13-15,14-17)18-11-5-2/h15,18H,4-13H2,1-3H3. The van der Waals surface area contributed by atoms with E-state index in [9.17, 15) is 5.26 Å². The topological polar surface area (TPSA) is 39.1 Å². The molecular formula is C16H31N3. The minimum atomic E-state index is -0.265. The monoisotopic (exact) mass is 265 g/mol. The van der Waals surface area contributed by atoms with Crippen molar-refractivity contribution in [2.24, 2.45) is 0 Å². The Labute approximate surface area is 119 Å². The van der Waals surface area contributed by atoms with Crippen molar-refractivity contribution in [3.8, 4) is 6.07 Å². The second kappa shape index (κ2) is 8.55. The lowest BCUT2D eigenvalue weighted by atomic mass is 9.79. The summed E-state index contributed by atoms with van der Waals surface area (Å²) in [5.74, 6) is 0. The maximum absolute atomic E-state index is 9.59. The molecule has 2 atom stereocenters. The van der Waals surface area contributed by atoms with E-state index in [4.69, 9.17) is 0 Å². The van der Waals surface area contributed by atoms with Gasteiger partial charge >= 0.3 is 0 Å². The smallest absolute Gasteiger partial charge is 0.108 e. The Balaban J connectivity index is 2.62. The fourth-order valence-corrected chi connectivity index (χ4v) is 3.18. The predicted molar refractivity (Wildman–Crippen MR) is 81.0 cm³/mol.